The highest BCUT2D eigenvalue weighted by Crippen LogP contribution is 2.26. The SMILES string of the molecule is Nc1ncnc2c1S(=O)(=O)N=CN2. The zero-order chi connectivity index (χ0) is 9.47. The first-order chi connectivity index (χ1) is 6.11. The van der Waals surface area contributed by atoms with Crippen molar-refractivity contribution in [3.63, 3.8) is 0 Å². The molecule has 0 unspecified atom stereocenters. The molecule has 0 atom stereocenters. The highest BCUT2D eigenvalue weighted by atomic mass is 32.2. The van der Waals surface area contributed by atoms with E-state index in [0.29, 0.717) is 0 Å². The maximum absolute atomic E-state index is 11.3. The van der Waals surface area contributed by atoms with Crippen LogP contribution in [0.25, 0.3) is 0 Å². The summed E-state index contributed by atoms with van der Waals surface area (Å²) in [6.45, 7) is 0. The summed E-state index contributed by atoms with van der Waals surface area (Å²) in [6.07, 6.45) is 2.22. The molecule has 3 N–H and O–H groups in total. The van der Waals surface area contributed by atoms with Gasteiger partial charge in [-0.1, -0.05) is 0 Å². The fourth-order valence-corrected chi connectivity index (χ4v) is 1.92. The van der Waals surface area contributed by atoms with Crippen LogP contribution in [0.1, 0.15) is 0 Å². The number of aromatic nitrogens is 2. The first-order valence-electron chi connectivity index (χ1n) is 3.27. The van der Waals surface area contributed by atoms with Gasteiger partial charge in [0.2, 0.25) is 0 Å². The summed E-state index contributed by atoms with van der Waals surface area (Å²) in [5, 5.41) is 2.56. The van der Waals surface area contributed by atoms with Gasteiger partial charge in [0, 0.05) is 0 Å². The van der Waals surface area contributed by atoms with Crippen LogP contribution in [0.5, 0.6) is 0 Å². The van der Waals surface area contributed by atoms with Crippen LogP contribution in [-0.2, 0) is 10.0 Å². The summed E-state index contributed by atoms with van der Waals surface area (Å²) in [5.41, 5.74) is 5.37. The molecule has 1 aliphatic heterocycles. The number of nitrogens with two attached hydrogens (primary N) is 1. The van der Waals surface area contributed by atoms with Gasteiger partial charge >= 0.3 is 0 Å². The molecule has 7 nitrogen and oxygen atoms in total. The molecule has 1 aliphatic rings. The average molecular weight is 199 g/mol. The van der Waals surface area contributed by atoms with E-state index in [1.54, 1.807) is 0 Å². The second-order valence-corrected chi connectivity index (χ2v) is 3.86. The molecule has 0 amide bonds. The molecule has 0 bridgehead atoms. The Morgan fingerprint density at radius 3 is 2.85 bits per heavy atom. The summed E-state index contributed by atoms with van der Waals surface area (Å²) >= 11 is 0. The molecule has 0 aromatic carbocycles. The Labute approximate surface area is 73.8 Å². The molecule has 0 radical (unpaired) electrons. The Morgan fingerprint density at radius 1 is 1.38 bits per heavy atom. The minimum atomic E-state index is -3.72. The lowest BCUT2D eigenvalue weighted by molar-refractivity contribution is 0.597. The van der Waals surface area contributed by atoms with E-state index in [4.69, 9.17) is 5.73 Å². The highest BCUT2D eigenvalue weighted by molar-refractivity contribution is 7.90. The second kappa shape index (κ2) is 2.39. The van der Waals surface area contributed by atoms with Crippen molar-refractivity contribution in [2.45, 2.75) is 4.90 Å². The van der Waals surface area contributed by atoms with E-state index in [9.17, 15) is 8.42 Å². The first-order valence-corrected chi connectivity index (χ1v) is 4.71. The van der Waals surface area contributed by atoms with Crippen molar-refractivity contribution < 1.29 is 8.42 Å². The maximum atomic E-state index is 11.3. The molecule has 1 aromatic heterocycles. The van der Waals surface area contributed by atoms with Gasteiger partial charge in [-0.15, -0.1) is 4.40 Å². The van der Waals surface area contributed by atoms with E-state index >= 15 is 0 Å². The third kappa shape index (κ3) is 1.11. The predicted molar refractivity (Wildman–Crippen MR) is 45.7 cm³/mol. The van der Waals surface area contributed by atoms with Crippen molar-refractivity contribution in [1.29, 1.82) is 0 Å². The molecule has 0 saturated carbocycles. The van der Waals surface area contributed by atoms with Crippen molar-refractivity contribution in [1.82, 2.24) is 9.97 Å². The number of hydrogen-bond donors (Lipinski definition) is 2. The molecular weight excluding hydrogens is 194 g/mol. The number of fused-ring (bicyclic) bond motifs is 1. The van der Waals surface area contributed by atoms with Crippen molar-refractivity contribution in [2.75, 3.05) is 11.1 Å². The Hall–Kier alpha value is -1.70. The van der Waals surface area contributed by atoms with Gasteiger partial charge < -0.3 is 11.1 Å². The first kappa shape index (κ1) is 7.92. The summed E-state index contributed by atoms with van der Waals surface area (Å²) in [4.78, 5) is 7.10. The number of hydrogen-bond acceptors (Lipinski definition) is 6. The Kier molecular flexibility index (Phi) is 1.46. The van der Waals surface area contributed by atoms with Gasteiger partial charge in [-0.05, 0) is 0 Å². The lowest BCUT2D eigenvalue weighted by atomic mass is 10.5. The zero-order valence-corrected chi connectivity index (χ0v) is 7.11. The smallest absolute Gasteiger partial charge is 0.291 e. The van der Waals surface area contributed by atoms with E-state index in [1.807, 2.05) is 0 Å². The largest absolute Gasteiger partial charge is 0.382 e. The monoisotopic (exact) mass is 199 g/mol. The van der Waals surface area contributed by atoms with Crippen LogP contribution in [0.2, 0.25) is 0 Å². The van der Waals surface area contributed by atoms with Crippen LogP contribution in [0.3, 0.4) is 0 Å². The van der Waals surface area contributed by atoms with Gasteiger partial charge in [-0.3, -0.25) is 0 Å². The number of nitrogens with one attached hydrogen (secondary N) is 1. The average Bonchev–Trinajstić information content (AvgIpc) is 2.02. The maximum Gasteiger partial charge on any atom is 0.291 e. The van der Waals surface area contributed by atoms with Gasteiger partial charge in [0.15, 0.2) is 10.7 Å². The number of nitrogen functional groups attached to an aromatic ring is 1. The van der Waals surface area contributed by atoms with Crippen LogP contribution < -0.4 is 11.1 Å². The molecule has 68 valence electrons. The van der Waals surface area contributed by atoms with Crippen LogP contribution in [0.15, 0.2) is 15.6 Å². The third-order valence-electron chi connectivity index (χ3n) is 1.48. The second-order valence-electron chi connectivity index (χ2n) is 2.29. The van der Waals surface area contributed by atoms with E-state index in [0.717, 1.165) is 6.34 Å². The molecule has 0 fully saturated rings. The van der Waals surface area contributed by atoms with Crippen LogP contribution in [0, 0.1) is 0 Å². The number of sulfonamides is 1. The van der Waals surface area contributed by atoms with Gasteiger partial charge in [0.05, 0.1) is 0 Å². The zero-order valence-electron chi connectivity index (χ0n) is 6.30. The standard InChI is InChI=1S/C5H5N5O2S/c6-4-3-5(8-1-7-4)9-2-10-13(3,11)12/h1-2H,(H3,6,7,8,9,10). The van der Waals surface area contributed by atoms with Gasteiger partial charge in [0.1, 0.15) is 18.5 Å². The summed E-state index contributed by atoms with van der Waals surface area (Å²) in [5.74, 6) is 0.0526. The molecular formula is C5H5N5O2S. The van der Waals surface area contributed by atoms with Crippen LogP contribution in [0.4, 0.5) is 11.6 Å². The topological polar surface area (TPSA) is 110 Å². The lowest BCUT2D eigenvalue weighted by Crippen LogP contribution is -2.15. The number of rotatable bonds is 0. The predicted octanol–water partition coefficient (Wildman–Crippen LogP) is -0.799. The molecule has 2 heterocycles. The van der Waals surface area contributed by atoms with Gasteiger partial charge in [0.25, 0.3) is 10.0 Å². The number of anilines is 2. The summed E-state index contributed by atoms with van der Waals surface area (Å²) < 4.78 is 25.8. The van der Waals surface area contributed by atoms with Crippen molar-refractivity contribution in [2.24, 2.45) is 4.40 Å². The quantitative estimate of drug-likeness (QED) is 0.566. The van der Waals surface area contributed by atoms with Crippen molar-refractivity contribution >= 4 is 28.0 Å². The molecule has 1 aromatic rings. The van der Waals surface area contributed by atoms with Crippen LogP contribution >= 0.6 is 0 Å². The molecule has 0 spiro atoms. The van der Waals surface area contributed by atoms with Crippen LogP contribution in [-0.4, -0.2) is 24.7 Å². The molecule has 8 heteroatoms. The molecule has 0 saturated heterocycles. The van der Waals surface area contributed by atoms with Gasteiger partial charge in [-0.2, -0.15) is 8.42 Å². The normalized spacial score (nSPS) is 17.5. The lowest BCUT2D eigenvalue weighted by Gasteiger charge is -2.10. The minimum absolute atomic E-state index is 0.102. The minimum Gasteiger partial charge on any atom is -0.382 e. The fraction of sp³-hybridized carbons (Fsp3) is 0. The van der Waals surface area contributed by atoms with E-state index in [2.05, 4.69) is 19.7 Å². The van der Waals surface area contributed by atoms with Crippen molar-refractivity contribution in [3.05, 3.63) is 6.33 Å². The fourth-order valence-electron chi connectivity index (χ4n) is 0.954. The van der Waals surface area contributed by atoms with E-state index < -0.39 is 10.0 Å². The van der Waals surface area contributed by atoms with E-state index in [1.165, 1.54) is 6.33 Å². The van der Waals surface area contributed by atoms with E-state index in [-0.39, 0.29) is 16.5 Å². The summed E-state index contributed by atoms with van der Waals surface area (Å²) in [7, 11) is -3.72. The van der Waals surface area contributed by atoms with Gasteiger partial charge in [-0.25, -0.2) is 9.97 Å². The molecule has 2 rings (SSSR count). The number of nitrogens with zero attached hydrogens (tertiary/aromatic N) is 3. The summed E-state index contributed by atoms with van der Waals surface area (Å²) in [6, 6.07) is 0. The molecule has 0 aliphatic carbocycles. The Balaban J connectivity index is 2.81. The third-order valence-corrected chi connectivity index (χ3v) is 2.78. The highest BCUT2D eigenvalue weighted by Gasteiger charge is 2.25. The Bertz CT molecular complexity index is 480. The van der Waals surface area contributed by atoms with Crippen molar-refractivity contribution in [3.8, 4) is 0 Å². The molecule has 13 heavy (non-hydrogen) atoms. The Morgan fingerprint density at radius 2 is 2.15 bits per heavy atom.